The highest BCUT2D eigenvalue weighted by Gasteiger charge is 2.33. The Kier molecular flexibility index (Phi) is 5.52. The van der Waals surface area contributed by atoms with Crippen LogP contribution in [0.15, 0.2) is 35.5 Å². The van der Waals surface area contributed by atoms with Crippen LogP contribution in [0, 0.1) is 0 Å². The number of sulfone groups is 1. The van der Waals surface area contributed by atoms with E-state index in [1.165, 1.54) is 29.4 Å². The van der Waals surface area contributed by atoms with Crippen LogP contribution in [-0.2, 0) is 16.4 Å². The highest BCUT2D eigenvalue weighted by molar-refractivity contribution is 7.91. The fourth-order valence-corrected chi connectivity index (χ4v) is 4.43. The van der Waals surface area contributed by atoms with E-state index in [2.05, 4.69) is 20.3 Å². The largest absolute Gasteiger partial charge is 0.351 e. The van der Waals surface area contributed by atoms with Gasteiger partial charge >= 0.3 is 5.76 Å². The molecule has 13 heteroatoms. The fourth-order valence-electron chi connectivity index (χ4n) is 3.50. The monoisotopic (exact) mass is 451 g/mol. The van der Waals surface area contributed by atoms with Crippen LogP contribution in [0.25, 0.3) is 11.2 Å². The number of fused-ring (bicyclic) bond motifs is 1. The van der Waals surface area contributed by atoms with Crippen molar-refractivity contribution in [2.75, 3.05) is 31.1 Å². The number of hydrogen-bond donors (Lipinski definition) is 0. The van der Waals surface area contributed by atoms with Crippen LogP contribution >= 0.6 is 0 Å². The molecule has 0 radical (unpaired) electrons. The second-order valence-electron chi connectivity index (χ2n) is 6.86. The van der Waals surface area contributed by atoms with Crippen molar-refractivity contribution in [1.82, 2.24) is 29.9 Å². The number of hydrogen-bond acceptors (Lipinski definition) is 8. The predicted molar refractivity (Wildman–Crippen MR) is 107 cm³/mol. The number of alkyl halides is 2. The molecule has 0 atom stereocenters. The second kappa shape index (κ2) is 8.13. The molecule has 4 rings (SSSR count). The summed E-state index contributed by atoms with van der Waals surface area (Å²) in [5, 5.41) is 8.20. The smallest absolute Gasteiger partial charge is 0.341 e. The third-order valence-corrected chi connectivity index (χ3v) is 6.54. The number of carbonyl (C=O) groups is 1. The summed E-state index contributed by atoms with van der Waals surface area (Å²) >= 11 is 0. The van der Waals surface area contributed by atoms with Gasteiger partial charge in [-0.15, -0.1) is 5.10 Å². The summed E-state index contributed by atoms with van der Waals surface area (Å²) in [7, 11) is -4.90. The molecule has 0 aliphatic carbocycles. The Balaban J connectivity index is 1.54. The minimum Gasteiger partial charge on any atom is -0.351 e. The maximum absolute atomic E-state index is 13.0. The van der Waals surface area contributed by atoms with Gasteiger partial charge in [-0.05, 0) is 19.1 Å². The summed E-state index contributed by atoms with van der Waals surface area (Å²) in [6.07, 6.45) is 1.43. The molecule has 10 nitrogen and oxygen atoms in total. The topological polar surface area (TPSA) is 114 Å². The van der Waals surface area contributed by atoms with Crippen molar-refractivity contribution >= 4 is 32.7 Å². The molecule has 1 amide bonds. The number of carbonyl (C=O) groups excluding carboxylic acids is 1. The van der Waals surface area contributed by atoms with Crippen molar-refractivity contribution in [2.45, 2.75) is 24.1 Å². The van der Waals surface area contributed by atoms with Gasteiger partial charge in [0.15, 0.2) is 17.0 Å². The molecule has 0 spiro atoms. The summed E-state index contributed by atoms with van der Waals surface area (Å²) in [4.78, 5) is 24.2. The lowest BCUT2D eigenvalue weighted by Gasteiger charge is -2.35. The van der Waals surface area contributed by atoms with E-state index < -0.39 is 26.4 Å². The van der Waals surface area contributed by atoms with Crippen molar-refractivity contribution in [3.8, 4) is 0 Å². The molecule has 1 fully saturated rings. The number of piperazine rings is 1. The van der Waals surface area contributed by atoms with Gasteiger partial charge in [-0.3, -0.25) is 4.79 Å². The summed E-state index contributed by atoms with van der Waals surface area (Å²) in [6.45, 7) is 3.86. The molecule has 0 N–H and O–H groups in total. The van der Waals surface area contributed by atoms with E-state index in [1.807, 2.05) is 11.8 Å². The zero-order valence-electron chi connectivity index (χ0n) is 16.5. The number of aromatic nitrogens is 5. The lowest BCUT2D eigenvalue weighted by Crippen LogP contribution is -2.49. The molecule has 0 saturated carbocycles. The maximum atomic E-state index is 13.0. The fraction of sp³-hybridized carbons (Fsp3) is 0.389. The Labute approximate surface area is 176 Å². The molecular weight excluding hydrogens is 432 g/mol. The SMILES string of the molecule is CCn1nnc2c(N3CCN(C(=O)c4ccccc4S(=O)(=O)C(F)F)CC3)ncnc21. The standard InChI is InChI=1S/C18H19F2N7O3S/c1-2-27-16-14(23-24-27)15(21-11-22-16)25-7-9-26(10-8-25)17(28)12-5-3-4-6-13(12)31(29,30)18(19)20/h3-6,11,18H,2,7-10H2,1H3. The number of nitrogens with zero attached hydrogens (tertiary/aromatic N) is 7. The first kappa shape index (κ1) is 21.0. The summed E-state index contributed by atoms with van der Waals surface area (Å²) in [6, 6.07) is 5.04. The number of rotatable bonds is 5. The van der Waals surface area contributed by atoms with Gasteiger partial charge in [0.2, 0.25) is 9.84 Å². The molecule has 2 aromatic heterocycles. The number of halogens is 2. The Hall–Kier alpha value is -3.22. The maximum Gasteiger partial charge on any atom is 0.341 e. The van der Waals surface area contributed by atoms with Crippen LogP contribution in [0.5, 0.6) is 0 Å². The van der Waals surface area contributed by atoms with Crippen LogP contribution in [0.2, 0.25) is 0 Å². The molecule has 31 heavy (non-hydrogen) atoms. The summed E-state index contributed by atoms with van der Waals surface area (Å²) in [5.74, 6) is -3.61. The molecular formula is C18H19F2N7O3S. The van der Waals surface area contributed by atoms with E-state index >= 15 is 0 Å². The van der Waals surface area contributed by atoms with Gasteiger partial charge in [0, 0.05) is 32.7 Å². The molecule has 0 bridgehead atoms. The zero-order chi connectivity index (χ0) is 22.2. The summed E-state index contributed by atoms with van der Waals surface area (Å²) in [5.41, 5.74) is 0.904. The van der Waals surface area contributed by atoms with Crippen LogP contribution in [0.3, 0.4) is 0 Å². The Morgan fingerprint density at radius 1 is 1.13 bits per heavy atom. The zero-order valence-corrected chi connectivity index (χ0v) is 17.3. The minimum absolute atomic E-state index is 0.258. The number of benzene rings is 1. The molecule has 1 saturated heterocycles. The van der Waals surface area contributed by atoms with Crippen LogP contribution < -0.4 is 4.90 Å². The highest BCUT2D eigenvalue weighted by atomic mass is 32.2. The molecule has 0 unspecified atom stereocenters. The van der Waals surface area contributed by atoms with E-state index in [-0.39, 0.29) is 18.7 Å². The van der Waals surface area contributed by atoms with E-state index in [4.69, 9.17) is 0 Å². The lowest BCUT2D eigenvalue weighted by molar-refractivity contribution is 0.0742. The molecule has 3 aromatic rings. The number of amides is 1. The van der Waals surface area contributed by atoms with E-state index in [0.717, 1.165) is 6.07 Å². The molecule has 164 valence electrons. The molecule has 1 aliphatic heterocycles. The van der Waals surface area contributed by atoms with Gasteiger partial charge in [-0.2, -0.15) is 8.78 Å². The lowest BCUT2D eigenvalue weighted by atomic mass is 10.2. The van der Waals surface area contributed by atoms with Gasteiger partial charge in [0.25, 0.3) is 5.91 Å². The average Bonchev–Trinajstić information content (AvgIpc) is 3.22. The molecule has 1 aliphatic rings. The van der Waals surface area contributed by atoms with Crippen molar-refractivity contribution < 1.29 is 22.0 Å². The third kappa shape index (κ3) is 3.69. The summed E-state index contributed by atoms with van der Waals surface area (Å²) < 4.78 is 51.7. The highest BCUT2D eigenvalue weighted by Crippen LogP contribution is 2.25. The van der Waals surface area contributed by atoms with Crippen LogP contribution in [-0.4, -0.2) is 76.1 Å². The van der Waals surface area contributed by atoms with Crippen LogP contribution in [0.1, 0.15) is 17.3 Å². The van der Waals surface area contributed by atoms with Gasteiger partial charge in [-0.25, -0.2) is 23.1 Å². The number of aryl methyl sites for hydroxylation is 1. The van der Waals surface area contributed by atoms with Gasteiger partial charge < -0.3 is 9.80 Å². The first-order chi connectivity index (χ1) is 14.8. The van der Waals surface area contributed by atoms with E-state index in [1.54, 1.807) is 4.68 Å². The second-order valence-corrected chi connectivity index (χ2v) is 8.74. The average molecular weight is 451 g/mol. The van der Waals surface area contributed by atoms with Crippen LogP contribution in [0.4, 0.5) is 14.6 Å². The van der Waals surface area contributed by atoms with Crippen molar-refractivity contribution in [3.63, 3.8) is 0 Å². The Bertz CT molecular complexity index is 1220. The van der Waals surface area contributed by atoms with E-state index in [0.29, 0.717) is 36.6 Å². The van der Waals surface area contributed by atoms with E-state index in [9.17, 15) is 22.0 Å². The minimum atomic E-state index is -4.90. The van der Waals surface area contributed by atoms with Gasteiger partial charge in [0.05, 0.1) is 10.5 Å². The molecule has 1 aromatic carbocycles. The van der Waals surface area contributed by atoms with Crippen molar-refractivity contribution in [1.29, 1.82) is 0 Å². The van der Waals surface area contributed by atoms with Gasteiger partial charge in [-0.1, -0.05) is 17.3 Å². The van der Waals surface area contributed by atoms with Gasteiger partial charge in [0.1, 0.15) is 6.33 Å². The van der Waals surface area contributed by atoms with Crippen molar-refractivity contribution in [3.05, 3.63) is 36.2 Å². The predicted octanol–water partition coefficient (Wildman–Crippen LogP) is 1.20. The first-order valence-corrected chi connectivity index (χ1v) is 11.1. The Morgan fingerprint density at radius 2 is 1.84 bits per heavy atom. The normalized spacial score (nSPS) is 15.1. The molecule has 3 heterocycles. The Morgan fingerprint density at radius 3 is 2.52 bits per heavy atom. The third-order valence-electron chi connectivity index (χ3n) is 5.11. The number of anilines is 1. The first-order valence-electron chi connectivity index (χ1n) is 9.54. The quantitative estimate of drug-likeness (QED) is 0.569. The van der Waals surface area contributed by atoms with Crippen molar-refractivity contribution in [2.24, 2.45) is 0 Å².